The summed E-state index contributed by atoms with van der Waals surface area (Å²) in [4.78, 5) is 11.0. The zero-order chi connectivity index (χ0) is 11.3. The second kappa shape index (κ2) is 5.28. The van der Waals surface area contributed by atoms with Gasteiger partial charge in [-0.25, -0.2) is 4.79 Å². The highest BCUT2D eigenvalue weighted by Crippen LogP contribution is 2.24. The fourth-order valence-electron chi connectivity index (χ4n) is 1.39. The summed E-state index contributed by atoms with van der Waals surface area (Å²) < 4.78 is 15.7. The lowest BCUT2D eigenvalue weighted by atomic mass is 10.2. The van der Waals surface area contributed by atoms with Crippen LogP contribution in [0.4, 0.5) is 0 Å². The summed E-state index contributed by atoms with van der Waals surface area (Å²) >= 11 is 0. The van der Waals surface area contributed by atoms with E-state index in [-0.39, 0.29) is 12.1 Å². The van der Waals surface area contributed by atoms with E-state index in [0.29, 0.717) is 19.6 Å². The van der Waals surface area contributed by atoms with Crippen molar-refractivity contribution in [2.45, 2.75) is 39.1 Å². The SMILES string of the molecule is CCOC(=O)/C=C/C[C@@H]1COC(C)(C)O1. The first-order chi connectivity index (χ1) is 7.03. The molecule has 1 rings (SSSR count). The average molecular weight is 214 g/mol. The summed E-state index contributed by atoms with van der Waals surface area (Å²) in [5.74, 6) is -0.807. The highest BCUT2D eigenvalue weighted by Gasteiger charge is 2.31. The van der Waals surface area contributed by atoms with Gasteiger partial charge in [0, 0.05) is 6.08 Å². The molecule has 0 aromatic rings. The van der Waals surface area contributed by atoms with Crippen LogP contribution < -0.4 is 0 Å². The predicted octanol–water partition coefficient (Wildman–Crippen LogP) is 1.65. The van der Waals surface area contributed by atoms with Crippen molar-refractivity contribution in [2.75, 3.05) is 13.2 Å². The fourth-order valence-corrected chi connectivity index (χ4v) is 1.39. The van der Waals surface area contributed by atoms with Crippen LogP contribution in [-0.4, -0.2) is 31.1 Å². The highest BCUT2D eigenvalue weighted by molar-refractivity contribution is 5.81. The van der Waals surface area contributed by atoms with Gasteiger partial charge in [0.1, 0.15) is 0 Å². The van der Waals surface area contributed by atoms with E-state index in [4.69, 9.17) is 14.2 Å². The number of esters is 1. The number of hydrogen-bond donors (Lipinski definition) is 0. The van der Waals surface area contributed by atoms with Crippen LogP contribution in [0.1, 0.15) is 27.2 Å². The lowest BCUT2D eigenvalue weighted by Crippen LogP contribution is -2.21. The highest BCUT2D eigenvalue weighted by atomic mass is 16.7. The summed E-state index contributed by atoms with van der Waals surface area (Å²) in [6.45, 7) is 6.51. The van der Waals surface area contributed by atoms with Crippen LogP contribution in [0, 0.1) is 0 Å². The van der Waals surface area contributed by atoms with Crippen LogP contribution in [-0.2, 0) is 19.0 Å². The summed E-state index contributed by atoms with van der Waals surface area (Å²) in [6, 6.07) is 0. The molecule has 1 aliphatic rings. The molecule has 0 aromatic carbocycles. The molecule has 1 aliphatic heterocycles. The van der Waals surface area contributed by atoms with Gasteiger partial charge in [-0.05, 0) is 27.2 Å². The first-order valence-electron chi connectivity index (χ1n) is 5.18. The molecular weight excluding hydrogens is 196 g/mol. The molecule has 0 amide bonds. The van der Waals surface area contributed by atoms with Crippen molar-refractivity contribution in [3.8, 4) is 0 Å². The van der Waals surface area contributed by atoms with Crippen molar-refractivity contribution in [1.29, 1.82) is 0 Å². The molecule has 0 unspecified atom stereocenters. The van der Waals surface area contributed by atoms with E-state index < -0.39 is 5.79 Å². The van der Waals surface area contributed by atoms with Crippen LogP contribution in [0.3, 0.4) is 0 Å². The summed E-state index contributed by atoms with van der Waals surface area (Å²) in [6.07, 6.45) is 3.89. The first kappa shape index (κ1) is 12.2. The quantitative estimate of drug-likeness (QED) is 0.527. The van der Waals surface area contributed by atoms with Gasteiger partial charge in [0.2, 0.25) is 0 Å². The van der Waals surface area contributed by atoms with E-state index in [1.807, 2.05) is 13.8 Å². The first-order valence-corrected chi connectivity index (χ1v) is 5.18. The van der Waals surface area contributed by atoms with E-state index in [1.54, 1.807) is 13.0 Å². The molecule has 1 heterocycles. The Bertz CT molecular complexity index is 245. The van der Waals surface area contributed by atoms with Crippen LogP contribution in [0.5, 0.6) is 0 Å². The van der Waals surface area contributed by atoms with E-state index >= 15 is 0 Å². The Kier molecular flexibility index (Phi) is 4.29. The third kappa shape index (κ3) is 4.44. The normalized spacial score (nSPS) is 24.6. The Morgan fingerprint density at radius 3 is 2.87 bits per heavy atom. The number of hydrogen-bond acceptors (Lipinski definition) is 4. The van der Waals surface area contributed by atoms with Gasteiger partial charge in [0.15, 0.2) is 5.79 Å². The molecule has 0 radical (unpaired) electrons. The Balaban J connectivity index is 2.24. The minimum atomic E-state index is -0.498. The molecule has 4 heteroatoms. The monoisotopic (exact) mass is 214 g/mol. The second-order valence-corrected chi connectivity index (χ2v) is 3.84. The van der Waals surface area contributed by atoms with Gasteiger partial charge in [-0.2, -0.15) is 0 Å². The minimum Gasteiger partial charge on any atom is -0.463 e. The molecular formula is C11H18O4. The Hall–Kier alpha value is -0.870. The second-order valence-electron chi connectivity index (χ2n) is 3.84. The van der Waals surface area contributed by atoms with Gasteiger partial charge in [-0.15, -0.1) is 0 Å². The third-order valence-electron chi connectivity index (χ3n) is 2.01. The van der Waals surface area contributed by atoms with Gasteiger partial charge in [0.25, 0.3) is 0 Å². The number of rotatable bonds is 4. The van der Waals surface area contributed by atoms with Gasteiger partial charge in [0.05, 0.1) is 19.3 Å². The van der Waals surface area contributed by atoms with Gasteiger partial charge < -0.3 is 14.2 Å². The Morgan fingerprint density at radius 2 is 2.33 bits per heavy atom. The fraction of sp³-hybridized carbons (Fsp3) is 0.727. The molecule has 0 bridgehead atoms. The number of ether oxygens (including phenoxy) is 3. The standard InChI is InChI=1S/C11H18O4/c1-4-13-10(12)7-5-6-9-8-14-11(2,3)15-9/h5,7,9H,4,6,8H2,1-3H3/b7-5+/t9-/m1/s1. The van der Waals surface area contributed by atoms with Crippen molar-refractivity contribution in [2.24, 2.45) is 0 Å². The van der Waals surface area contributed by atoms with Crippen molar-refractivity contribution in [3.05, 3.63) is 12.2 Å². The molecule has 4 nitrogen and oxygen atoms in total. The maximum atomic E-state index is 11.0. The molecule has 1 saturated heterocycles. The van der Waals surface area contributed by atoms with Gasteiger partial charge in [-0.1, -0.05) is 6.08 Å². The molecule has 86 valence electrons. The molecule has 0 spiro atoms. The smallest absolute Gasteiger partial charge is 0.330 e. The molecule has 1 atom stereocenters. The number of carbonyl (C=O) groups excluding carboxylic acids is 1. The zero-order valence-corrected chi connectivity index (χ0v) is 9.49. The molecule has 1 fully saturated rings. The zero-order valence-electron chi connectivity index (χ0n) is 9.49. The van der Waals surface area contributed by atoms with Crippen molar-refractivity contribution in [3.63, 3.8) is 0 Å². The average Bonchev–Trinajstić information content (AvgIpc) is 2.46. The summed E-state index contributed by atoms with van der Waals surface area (Å²) in [5, 5.41) is 0. The molecule has 0 N–H and O–H groups in total. The van der Waals surface area contributed by atoms with E-state index in [1.165, 1.54) is 6.08 Å². The van der Waals surface area contributed by atoms with Crippen molar-refractivity contribution < 1.29 is 19.0 Å². The van der Waals surface area contributed by atoms with Gasteiger partial charge >= 0.3 is 5.97 Å². The third-order valence-corrected chi connectivity index (χ3v) is 2.01. The Morgan fingerprint density at radius 1 is 1.60 bits per heavy atom. The molecule has 0 saturated carbocycles. The number of carbonyl (C=O) groups is 1. The molecule has 0 aliphatic carbocycles. The lowest BCUT2D eigenvalue weighted by molar-refractivity contribution is -0.137. The predicted molar refractivity (Wildman–Crippen MR) is 55.3 cm³/mol. The maximum Gasteiger partial charge on any atom is 0.330 e. The van der Waals surface area contributed by atoms with Crippen LogP contribution in [0.2, 0.25) is 0 Å². The van der Waals surface area contributed by atoms with Crippen LogP contribution >= 0.6 is 0 Å². The van der Waals surface area contributed by atoms with E-state index in [2.05, 4.69) is 0 Å². The van der Waals surface area contributed by atoms with Gasteiger partial charge in [-0.3, -0.25) is 0 Å². The van der Waals surface area contributed by atoms with E-state index in [0.717, 1.165) is 0 Å². The Labute approximate surface area is 90.2 Å². The summed E-state index contributed by atoms with van der Waals surface area (Å²) in [7, 11) is 0. The van der Waals surface area contributed by atoms with Crippen molar-refractivity contribution >= 4 is 5.97 Å². The minimum absolute atomic E-state index is 0.0330. The van der Waals surface area contributed by atoms with Crippen LogP contribution in [0.25, 0.3) is 0 Å². The largest absolute Gasteiger partial charge is 0.463 e. The lowest BCUT2D eigenvalue weighted by Gasteiger charge is -2.16. The van der Waals surface area contributed by atoms with E-state index in [9.17, 15) is 4.79 Å². The summed E-state index contributed by atoms with van der Waals surface area (Å²) in [5.41, 5.74) is 0. The molecule has 0 aromatic heterocycles. The van der Waals surface area contributed by atoms with Crippen molar-refractivity contribution in [1.82, 2.24) is 0 Å². The topological polar surface area (TPSA) is 44.8 Å². The van der Waals surface area contributed by atoms with Crippen LogP contribution in [0.15, 0.2) is 12.2 Å². The maximum absolute atomic E-state index is 11.0. The molecule has 15 heavy (non-hydrogen) atoms.